The molecule has 1 nitrogen and oxygen atoms in total. The third-order valence-corrected chi connectivity index (χ3v) is 5.84. The van der Waals surface area contributed by atoms with E-state index in [2.05, 4.69) is 67.3 Å². The van der Waals surface area contributed by atoms with Gasteiger partial charge in [-0.1, -0.05) is 27.7 Å². The van der Waals surface area contributed by atoms with Gasteiger partial charge in [0.05, 0.1) is 0 Å². The Balaban J connectivity index is 3.27. The molecule has 0 unspecified atom stereocenters. The second kappa shape index (κ2) is 3.00. The Hall–Kier alpha value is -0.0400. The first kappa shape index (κ1) is 13.0. The summed E-state index contributed by atoms with van der Waals surface area (Å²) in [5, 5.41) is 0. The molecular weight excluding hydrogens is 182 g/mol. The Labute approximate surface area is 96.2 Å². The van der Waals surface area contributed by atoms with Gasteiger partial charge in [-0.05, 0) is 52.0 Å². The van der Waals surface area contributed by atoms with Crippen molar-refractivity contribution in [1.29, 1.82) is 0 Å². The maximum Gasteiger partial charge on any atom is 0.0211 e. The van der Waals surface area contributed by atoms with Crippen LogP contribution >= 0.6 is 0 Å². The van der Waals surface area contributed by atoms with E-state index < -0.39 is 0 Å². The highest BCUT2D eigenvalue weighted by Crippen LogP contribution is 2.58. The van der Waals surface area contributed by atoms with Gasteiger partial charge in [0, 0.05) is 11.1 Å². The van der Waals surface area contributed by atoms with Gasteiger partial charge in [-0.15, -0.1) is 0 Å². The molecule has 15 heavy (non-hydrogen) atoms. The first-order chi connectivity index (χ1) is 6.36. The first-order valence-corrected chi connectivity index (χ1v) is 6.10. The Morgan fingerprint density at radius 1 is 0.800 bits per heavy atom. The molecule has 0 radical (unpaired) electrons. The molecule has 1 aliphatic heterocycles. The largest absolute Gasteiger partial charge is 0.296 e. The molecule has 0 atom stereocenters. The van der Waals surface area contributed by atoms with Crippen LogP contribution in [-0.4, -0.2) is 23.0 Å². The van der Waals surface area contributed by atoms with Crippen LogP contribution in [0.25, 0.3) is 0 Å². The molecule has 1 saturated heterocycles. The van der Waals surface area contributed by atoms with E-state index in [1.807, 2.05) is 0 Å². The average molecular weight is 211 g/mol. The molecule has 1 rings (SSSR count). The van der Waals surface area contributed by atoms with Crippen molar-refractivity contribution >= 4 is 0 Å². The van der Waals surface area contributed by atoms with E-state index in [1.54, 1.807) is 0 Å². The van der Waals surface area contributed by atoms with Crippen LogP contribution in [0.5, 0.6) is 0 Å². The van der Waals surface area contributed by atoms with E-state index in [9.17, 15) is 0 Å². The number of piperidine rings is 1. The fourth-order valence-electron chi connectivity index (χ4n) is 3.43. The summed E-state index contributed by atoms with van der Waals surface area (Å²) in [4.78, 5) is 2.56. The third kappa shape index (κ3) is 1.54. The van der Waals surface area contributed by atoms with Gasteiger partial charge in [-0.2, -0.15) is 0 Å². The van der Waals surface area contributed by atoms with Gasteiger partial charge in [0.25, 0.3) is 0 Å². The maximum absolute atomic E-state index is 2.56. The predicted molar refractivity (Wildman–Crippen MR) is 68.1 cm³/mol. The summed E-state index contributed by atoms with van der Waals surface area (Å²) >= 11 is 0. The van der Waals surface area contributed by atoms with Crippen LogP contribution in [0.4, 0.5) is 0 Å². The van der Waals surface area contributed by atoms with Crippen LogP contribution in [0.3, 0.4) is 0 Å². The molecule has 0 aromatic heterocycles. The van der Waals surface area contributed by atoms with Crippen molar-refractivity contribution in [3.8, 4) is 0 Å². The van der Waals surface area contributed by atoms with E-state index in [1.165, 1.54) is 6.42 Å². The van der Waals surface area contributed by atoms with Gasteiger partial charge in [-0.3, -0.25) is 4.90 Å². The molecule has 1 fully saturated rings. The van der Waals surface area contributed by atoms with Crippen LogP contribution in [-0.2, 0) is 0 Å². The third-order valence-electron chi connectivity index (χ3n) is 5.84. The molecule has 1 aliphatic rings. The molecule has 0 bridgehead atoms. The number of likely N-dealkylation sites (tertiary alicyclic amines) is 1. The SMILES string of the molecule is CN1C(C)(C)CC(C)(C)C(C)(C)C1(C)C. The summed E-state index contributed by atoms with van der Waals surface area (Å²) in [6.07, 6.45) is 1.26. The maximum atomic E-state index is 2.56. The van der Waals surface area contributed by atoms with Gasteiger partial charge in [0.2, 0.25) is 0 Å². The zero-order valence-corrected chi connectivity index (χ0v) is 12.2. The molecule has 1 heterocycles. The van der Waals surface area contributed by atoms with Gasteiger partial charge in [0.1, 0.15) is 0 Å². The zero-order chi connectivity index (χ0) is 12.3. The molecule has 0 aromatic carbocycles. The highest BCUT2D eigenvalue weighted by atomic mass is 15.3. The van der Waals surface area contributed by atoms with Crippen molar-refractivity contribution < 1.29 is 0 Å². The van der Waals surface area contributed by atoms with E-state index in [-0.39, 0.29) is 5.54 Å². The van der Waals surface area contributed by atoms with Crippen LogP contribution in [0, 0.1) is 10.8 Å². The lowest BCUT2D eigenvalue weighted by molar-refractivity contribution is -0.158. The Morgan fingerprint density at radius 3 is 1.60 bits per heavy atom. The molecule has 0 amide bonds. The topological polar surface area (TPSA) is 3.24 Å². The average Bonchev–Trinajstić information content (AvgIpc) is 1.98. The van der Waals surface area contributed by atoms with Gasteiger partial charge in [-0.25, -0.2) is 0 Å². The molecule has 0 N–H and O–H groups in total. The van der Waals surface area contributed by atoms with E-state index in [4.69, 9.17) is 0 Å². The van der Waals surface area contributed by atoms with Crippen LogP contribution in [0.2, 0.25) is 0 Å². The van der Waals surface area contributed by atoms with Crippen LogP contribution in [0.15, 0.2) is 0 Å². The molecule has 1 heteroatoms. The molecule has 0 aliphatic carbocycles. The normalized spacial score (nSPS) is 32.6. The van der Waals surface area contributed by atoms with Crippen molar-refractivity contribution in [3.63, 3.8) is 0 Å². The highest BCUT2D eigenvalue weighted by molar-refractivity contribution is 5.11. The monoisotopic (exact) mass is 211 g/mol. The van der Waals surface area contributed by atoms with Crippen molar-refractivity contribution in [2.75, 3.05) is 7.05 Å². The Kier molecular flexibility index (Phi) is 2.60. The minimum atomic E-state index is 0.234. The van der Waals surface area contributed by atoms with Gasteiger partial charge >= 0.3 is 0 Å². The standard InChI is InChI=1S/C14H29N/c1-11(2)10-12(3,4)15(9)14(7,8)13(11,5)6/h10H2,1-9H3. The smallest absolute Gasteiger partial charge is 0.0211 e. The minimum absolute atomic E-state index is 0.234. The first-order valence-electron chi connectivity index (χ1n) is 6.10. The Morgan fingerprint density at radius 2 is 1.20 bits per heavy atom. The summed E-state index contributed by atoms with van der Waals surface area (Å²) in [5.41, 5.74) is 1.23. The number of nitrogens with zero attached hydrogens (tertiary/aromatic N) is 1. The summed E-state index contributed by atoms with van der Waals surface area (Å²) < 4.78 is 0. The van der Waals surface area contributed by atoms with Crippen molar-refractivity contribution in [3.05, 3.63) is 0 Å². The molecule has 0 aromatic rings. The molecule has 0 saturated carbocycles. The van der Waals surface area contributed by atoms with E-state index in [0.29, 0.717) is 16.4 Å². The predicted octanol–water partition coefficient (Wildman–Crippen LogP) is 3.93. The zero-order valence-electron chi connectivity index (χ0n) is 12.2. The molecular formula is C14H29N. The quantitative estimate of drug-likeness (QED) is 0.587. The fourth-order valence-corrected chi connectivity index (χ4v) is 3.43. The number of rotatable bonds is 0. The lowest BCUT2D eigenvalue weighted by atomic mass is 9.51. The van der Waals surface area contributed by atoms with Crippen LogP contribution < -0.4 is 0 Å². The highest BCUT2D eigenvalue weighted by Gasteiger charge is 2.58. The van der Waals surface area contributed by atoms with Crippen molar-refractivity contribution in [1.82, 2.24) is 4.90 Å². The van der Waals surface area contributed by atoms with Gasteiger partial charge in [0.15, 0.2) is 0 Å². The fraction of sp³-hybridized carbons (Fsp3) is 1.00. The van der Waals surface area contributed by atoms with Crippen LogP contribution in [0.1, 0.15) is 61.8 Å². The number of hydrogen-bond donors (Lipinski definition) is 0. The molecule has 0 spiro atoms. The second-order valence-electron chi connectivity index (χ2n) is 7.62. The summed E-state index contributed by atoms with van der Waals surface area (Å²) in [6, 6.07) is 0. The lowest BCUT2D eigenvalue weighted by Gasteiger charge is -2.66. The lowest BCUT2D eigenvalue weighted by Crippen LogP contribution is -2.69. The summed E-state index contributed by atoms with van der Waals surface area (Å²) in [7, 11) is 2.27. The van der Waals surface area contributed by atoms with Crippen molar-refractivity contribution in [2.45, 2.75) is 72.9 Å². The van der Waals surface area contributed by atoms with E-state index >= 15 is 0 Å². The summed E-state index contributed by atoms with van der Waals surface area (Å²) in [6.45, 7) is 19.2. The second-order valence-corrected chi connectivity index (χ2v) is 7.62. The minimum Gasteiger partial charge on any atom is -0.296 e. The van der Waals surface area contributed by atoms with E-state index in [0.717, 1.165) is 0 Å². The molecule has 90 valence electrons. The number of hydrogen-bond acceptors (Lipinski definition) is 1. The Bertz CT molecular complexity index is 259. The summed E-state index contributed by atoms with van der Waals surface area (Å²) in [5.74, 6) is 0. The van der Waals surface area contributed by atoms with Gasteiger partial charge < -0.3 is 0 Å². The van der Waals surface area contributed by atoms with Crippen molar-refractivity contribution in [2.24, 2.45) is 10.8 Å².